The summed E-state index contributed by atoms with van der Waals surface area (Å²) in [7, 11) is 0. The summed E-state index contributed by atoms with van der Waals surface area (Å²) in [6.45, 7) is 9.90. The van der Waals surface area contributed by atoms with E-state index in [1.54, 1.807) is 0 Å². The van der Waals surface area contributed by atoms with E-state index in [9.17, 15) is 4.79 Å². The highest BCUT2D eigenvalue weighted by atomic mass is 32.1. The molecule has 0 saturated heterocycles. The molecule has 0 aliphatic heterocycles. The predicted octanol–water partition coefficient (Wildman–Crippen LogP) is 7.56. The molecule has 0 aliphatic carbocycles. The van der Waals surface area contributed by atoms with Crippen molar-refractivity contribution in [1.82, 2.24) is 0 Å². The van der Waals surface area contributed by atoms with E-state index in [1.807, 2.05) is 88.4 Å². The van der Waals surface area contributed by atoms with E-state index in [0.29, 0.717) is 22.3 Å². The van der Waals surface area contributed by atoms with Gasteiger partial charge >= 0.3 is 0 Å². The Balaban J connectivity index is 0.00000132. The van der Waals surface area contributed by atoms with Crippen LogP contribution in [0.4, 0.5) is 5.69 Å². The second-order valence-electron chi connectivity index (χ2n) is 7.37. The maximum absolute atomic E-state index is 13.2. The molecule has 0 bridgehead atoms. The quantitative estimate of drug-likeness (QED) is 0.328. The minimum atomic E-state index is -0.0693. The van der Waals surface area contributed by atoms with Crippen LogP contribution in [0, 0.1) is 13.8 Å². The number of fused-ring (bicyclic) bond motifs is 1. The van der Waals surface area contributed by atoms with Gasteiger partial charge in [-0.3, -0.25) is 4.79 Å². The second-order valence-corrected chi connectivity index (χ2v) is 7.85. The van der Waals surface area contributed by atoms with Gasteiger partial charge in [-0.25, -0.2) is 0 Å². The van der Waals surface area contributed by atoms with Gasteiger partial charge in [-0.05, 0) is 44.5 Å². The first-order chi connectivity index (χ1) is 15.0. The third kappa shape index (κ3) is 4.70. The summed E-state index contributed by atoms with van der Waals surface area (Å²) in [6, 6.07) is 21.6. The molecule has 31 heavy (non-hydrogen) atoms. The predicted molar refractivity (Wildman–Crippen MR) is 134 cm³/mol. The smallest absolute Gasteiger partial charge is 0.196 e. The van der Waals surface area contributed by atoms with Crippen molar-refractivity contribution < 1.29 is 4.42 Å². The van der Waals surface area contributed by atoms with Crippen molar-refractivity contribution in [3.05, 3.63) is 93.6 Å². The van der Waals surface area contributed by atoms with Gasteiger partial charge in [0.15, 0.2) is 5.43 Å². The molecule has 1 aromatic heterocycles. The van der Waals surface area contributed by atoms with Crippen molar-refractivity contribution in [2.75, 3.05) is 5.32 Å². The Morgan fingerprint density at radius 2 is 1.58 bits per heavy atom. The van der Waals surface area contributed by atoms with Crippen molar-refractivity contribution >= 4 is 29.3 Å². The lowest BCUT2D eigenvalue weighted by Gasteiger charge is -2.19. The Labute approximate surface area is 189 Å². The van der Waals surface area contributed by atoms with Crippen LogP contribution >= 0.6 is 12.6 Å². The van der Waals surface area contributed by atoms with Gasteiger partial charge in [-0.1, -0.05) is 62.4 Å². The van der Waals surface area contributed by atoms with E-state index in [-0.39, 0.29) is 11.5 Å². The van der Waals surface area contributed by atoms with Gasteiger partial charge < -0.3 is 9.73 Å². The normalized spacial score (nSPS) is 11.5. The van der Waals surface area contributed by atoms with Crippen LogP contribution in [0.25, 0.3) is 22.3 Å². The maximum atomic E-state index is 13.2. The fraction of sp³-hybridized carbons (Fsp3) is 0.222. The lowest BCUT2D eigenvalue weighted by atomic mass is 9.99. The highest BCUT2D eigenvalue weighted by Crippen LogP contribution is 2.32. The van der Waals surface area contributed by atoms with Crippen LogP contribution < -0.4 is 10.7 Å². The first kappa shape index (κ1) is 22.7. The van der Waals surface area contributed by atoms with Crippen LogP contribution in [-0.2, 0) is 0 Å². The van der Waals surface area contributed by atoms with E-state index < -0.39 is 0 Å². The van der Waals surface area contributed by atoms with Crippen molar-refractivity contribution in [3.8, 4) is 11.3 Å². The number of rotatable bonds is 4. The Bertz CT molecular complexity index is 1250. The molecule has 0 saturated carbocycles. The molecule has 3 nitrogen and oxygen atoms in total. The monoisotopic (exact) mass is 431 g/mol. The maximum Gasteiger partial charge on any atom is 0.196 e. The molecule has 160 valence electrons. The zero-order valence-electron chi connectivity index (χ0n) is 18.7. The first-order valence-electron chi connectivity index (χ1n) is 10.6. The van der Waals surface area contributed by atoms with Crippen LogP contribution in [0.1, 0.15) is 43.5 Å². The molecular weight excluding hydrogens is 402 g/mol. The van der Waals surface area contributed by atoms with Crippen molar-refractivity contribution in [2.45, 2.75) is 45.6 Å². The Morgan fingerprint density at radius 1 is 0.935 bits per heavy atom. The highest BCUT2D eigenvalue weighted by Gasteiger charge is 2.19. The molecule has 0 fully saturated rings. The van der Waals surface area contributed by atoms with E-state index in [0.717, 1.165) is 27.3 Å². The van der Waals surface area contributed by atoms with E-state index in [1.165, 1.54) is 0 Å². The summed E-state index contributed by atoms with van der Waals surface area (Å²) in [5.41, 5.74) is 5.08. The molecule has 1 atom stereocenters. The molecule has 0 spiro atoms. The third-order valence-electron chi connectivity index (χ3n) is 5.17. The molecule has 0 amide bonds. The average Bonchev–Trinajstić information content (AvgIpc) is 2.79. The Hall–Kier alpha value is -2.98. The minimum Gasteiger partial charge on any atom is -0.455 e. The molecule has 0 aliphatic rings. The van der Waals surface area contributed by atoms with Crippen LogP contribution in [0.5, 0.6) is 0 Å². The Kier molecular flexibility index (Phi) is 7.24. The SMILES string of the molecule is CC.Cc1cc(C(C)Nc2ccccc2S)c2oc(-c3ccccc3)c(C)c(=O)c2c1. The third-order valence-corrected chi connectivity index (χ3v) is 5.56. The lowest BCUT2D eigenvalue weighted by Crippen LogP contribution is -2.12. The van der Waals surface area contributed by atoms with E-state index in [4.69, 9.17) is 4.42 Å². The summed E-state index contributed by atoms with van der Waals surface area (Å²) >= 11 is 4.54. The van der Waals surface area contributed by atoms with Crippen LogP contribution in [0.3, 0.4) is 0 Å². The zero-order valence-corrected chi connectivity index (χ0v) is 19.6. The van der Waals surface area contributed by atoms with Gasteiger partial charge in [-0.15, -0.1) is 12.6 Å². The molecule has 1 N–H and O–H groups in total. The molecule has 1 unspecified atom stereocenters. The van der Waals surface area contributed by atoms with Gasteiger partial charge in [-0.2, -0.15) is 0 Å². The van der Waals surface area contributed by atoms with Crippen molar-refractivity contribution in [2.24, 2.45) is 0 Å². The van der Waals surface area contributed by atoms with Crippen LogP contribution in [-0.4, -0.2) is 0 Å². The van der Waals surface area contributed by atoms with E-state index in [2.05, 4.69) is 30.9 Å². The Morgan fingerprint density at radius 3 is 2.26 bits per heavy atom. The summed E-state index contributed by atoms with van der Waals surface area (Å²) in [4.78, 5) is 14.0. The molecule has 4 aromatic rings. The number of para-hydroxylation sites is 1. The summed E-state index contributed by atoms with van der Waals surface area (Å²) in [6.07, 6.45) is 0. The number of aryl methyl sites for hydroxylation is 1. The molecule has 3 aromatic carbocycles. The molecule has 1 heterocycles. The van der Waals surface area contributed by atoms with Crippen molar-refractivity contribution in [3.63, 3.8) is 0 Å². The summed E-state index contributed by atoms with van der Waals surface area (Å²) in [5.74, 6) is 0.620. The number of hydrogen-bond donors (Lipinski definition) is 2. The topological polar surface area (TPSA) is 42.2 Å². The van der Waals surface area contributed by atoms with Crippen LogP contribution in [0.15, 0.2) is 80.8 Å². The van der Waals surface area contributed by atoms with Gasteiger partial charge in [0.05, 0.1) is 11.4 Å². The molecule has 0 radical (unpaired) electrons. The minimum absolute atomic E-state index is 0.0110. The average molecular weight is 432 g/mol. The second kappa shape index (κ2) is 9.88. The van der Waals surface area contributed by atoms with Gasteiger partial charge in [0.25, 0.3) is 0 Å². The van der Waals surface area contributed by atoms with Crippen molar-refractivity contribution in [1.29, 1.82) is 0 Å². The highest BCUT2D eigenvalue weighted by molar-refractivity contribution is 7.80. The summed E-state index contributed by atoms with van der Waals surface area (Å²) in [5, 5.41) is 4.12. The zero-order chi connectivity index (χ0) is 22.5. The fourth-order valence-electron chi connectivity index (χ4n) is 3.66. The van der Waals surface area contributed by atoms with Gasteiger partial charge in [0.1, 0.15) is 11.3 Å². The number of thiol groups is 1. The molecule has 4 rings (SSSR count). The first-order valence-corrected chi connectivity index (χ1v) is 11.1. The molecule has 4 heteroatoms. The fourth-order valence-corrected chi connectivity index (χ4v) is 3.89. The van der Waals surface area contributed by atoms with E-state index >= 15 is 0 Å². The summed E-state index contributed by atoms with van der Waals surface area (Å²) < 4.78 is 6.38. The lowest BCUT2D eigenvalue weighted by molar-refractivity contribution is 0.605. The standard InChI is InChI=1S/C25H23NO2S.C2H6/c1-15-13-19(17(3)26-21-11-7-8-12-22(21)29)25-20(14-15)23(27)16(2)24(28-25)18-9-5-4-6-10-18;1-2/h4-14,17,26,29H,1-3H3;1-2H3. The number of benzene rings is 3. The molecular formula is C27H29NO2S. The van der Waals surface area contributed by atoms with Gasteiger partial charge in [0, 0.05) is 27.3 Å². The number of anilines is 1. The largest absolute Gasteiger partial charge is 0.455 e. The number of nitrogens with one attached hydrogen (secondary N) is 1. The number of hydrogen-bond acceptors (Lipinski definition) is 4. The van der Waals surface area contributed by atoms with Crippen LogP contribution in [0.2, 0.25) is 0 Å². The van der Waals surface area contributed by atoms with Gasteiger partial charge in [0.2, 0.25) is 0 Å².